The summed E-state index contributed by atoms with van der Waals surface area (Å²) in [6.45, 7) is 0.685. The highest BCUT2D eigenvalue weighted by atomic mass is 127. The molecular formula is C16H12ClIN2. The average molecular weight is 395 g/mol. The fourth-order valence-electron chi connectivity index (χ4n) is 2.04. The molecule has 0 aliphatic heterocycles. The monoisotopic (exact) mass is 394 g/mol. The first-order valence-corrected chi connectivity index (χ1v) is 7.70. The minimum atomic E-state index is 0.685. The number of rotatable bonds is 3. The van der Waals surface area contributed by atoms with E-state index < -0.39 is 0 Å². The van der Waals surface area contributed by atoms with Gasteiger partial charge in [0.1, 0.15) is 0 Å². The molecule has 0 bridgehead atoms. The van der Waals surface area contributed by atoms with Gasteiger partial charge in [0.15, 0.2) is 0 Å². The van der Waals surface area contributed by atoms with E-state index in [4.69, 9.17) is 11.6 Å². The van der Waals surface area contributed by atoms with E-state index in [0.717, 1.165) is 16.1 Å². The molecule has 0 unspecified atom stereocenters. The number of halogens is 2. The van der Waals surface area contributed by atoms with Gasteiger partial charge in [-0.05, 0) is 51.9 Å². The molecule has 1 aromatic heterocycles. The molecule has 0 aliphatic carbocycles. The predicted octanol–water partition coefficient (Wildman–Crippen LogP) is 4.86. The lowest BCUT2D eigenvalue weighted by atomic mass is 10.1. The van der Waals surface area contributed by atoms with Gasteiger partial charge < -0.3 is 0 Å². The molecule has 0 amide bonds. The van der Waals surface area contributed by atoms with Crippen molar-refractivity contribution in [2.45, 2.75) is 6.54 Å². The molecule has 100 valence electrons. The third kappa shape index (κ3) is 3.04. The van der Waals surface area contributed by atoms with Crippen molar-refractivity contribution >= 4 is 34.2 Å². The van der Waals surface area contributed by atoms with Gasteiger partial charge in [0.2, 0.25) is 0 Å². The molecule has 0 aliphatic rings. The topological polar surface area (TPSA) is 17.8 Å². The van der Waals surface area contributed by atoms with E-state index in [2.05, 4.69) is 52.0 Å². The van der Waals surface area contributed by atoms with Crippen LogP contribution in [0.3, 0.4) is 0 Å². The van der Waals surface area contributed by atoms with Gasteiger partial charge in [0, 0.05) is 20.4 Å². The second kappa shape index (κ2) is 5.97. The standard InChI is InChI=1S/C16H12ClIN2/c17-16-4-2-1-3-13(16)10-20-11-14(9-19-20)12-5-7-15(18)8-6-12/h1-9,11H,10H2. The highest BCUT2D eigenvalue weighted by molar-refractivity contribution is 14.1. The predicted molar refractivity (Wildman–Crippen MR) is 90.9 cm³/mol. The average Bonchev–Trinajstić information content (AvgIpc) is 2.91. The van der Waals surface area contributed by atoms with E-state index in [0.29, 0.717) is 6.54 Å². The van der Waals surface area contributed by atoms with Crippen molar-refractivity contribution in [3.8, 4) is 11.1 Å². The van der Waals surface area contributed by atoms with Gasteiger partial charge in [-0.2, -0.15) is 5.10 Å². The molecule has 20 heavy (non-hydrogen) atoms. The Kier molecular flexibility index (Phi) is 4.08. The second-order valence-electron chi connectivity index (χ2n) is 4.52. The molecule has 0 saturated carbocycles. The maximum atomic E-state index is 6.17. The van der Waals surface area contributed by atoms with Crippen molar-refractivity contribution < 1.29 is 0 Å². The van der Waals surface area contributed by atoms with Crippen LogP contribution in [0.2, 0.25) is 5.02 Å². The summed E-state index contributed by atoms with van der Waals surface area (Å²) in [5.41, 5.74) is 3.37. The molecule has 2 aromatic carbocycles. The summed E-state index contributed by atoms with van der Waals surface area (Å²) in [5, 5.41) is 5.18. The van der Waals surface area contributed by atoms with Crippen LogP contribution in [0.5, 0.6) is 0 Å². The Bertz CT molecular complexity index is 719. The molecule has 4 heteroatoms. The summed E-state index contributed by atoms with van der Waals surface area (Å²) >= 11 is 8.48. The quantitative estimate of drug-likeness (QED) is 0.580. The summed E-state index contributed by atoms with van der Waals surface area (Å²) < 4.78 is 3.14. The molecular weight excluding hydrogens is 383 g/mol. The Balaban J connectivity index is 1.84. The largest absolute Gasteiger partial charge is 0.268 e. The van der Waals surface area contributed by atoms with Crippen LogP contribution in [-0.4, -0.2) is 9.78 Å². The van der Waals surface area contributed by atoms with Gasteiger partial charge in [-0.15, -0.1) is 0 Å². The summed E-state index contributed by atoms with van der Waals surface area (Å²) in [6.07, 6.45) is 3.94. The van der Waals surface area contributed by atoms with Gasteiger partial charge in [-0.1, -0.05) is 41.9 Å². The van der Waals surface area contributed by atoms with E-state index in [1.165, 1.54) is 9.13 Å². The van der Waals surface area contributed by atoms with Gasteiger partial charge in [-0.25, -0.2) is 0 Å². The Morgan fingerprint density at radius 1 is 1.00 bits per heavy atom. The van der Waals surface area contributed by atoms with Crippen molar-refractivity contribution in [2.24, 2.45) is 0 Å². The summed E-state index contributed by atoms with van der Waals surface area (Å²) in [7, 11) is 0. The van der Waals surface area contributed by atoms with Crippen LogP contribution in [0.15, 0.2) is 60.9 Å². The van der Waals surface area contributed by atoms with Crippen LogP contribution in [0.25, 0.3) is 11.1 Å². The van der Waals surface area contributed by atoms with Crippen LogP contribution >= 0.6 is 34.2 Å². The van der Waals surface area contributed by atoms with Crippen LogP contribution in [0.4, 0.5) is 0 Å². The Hall–Kier alpha value is -1.33. The molecule has 3 rings (SSSR count). The molecule has 0 N–H and O–H groups in total. The van der Waals surface area contributed by atoms with E-state index in [-0.39, 0.29) is 0 Å². The van der Waals surface area contributed by atoms with E-state index in [1.807, 2.05) is 41.3 Å². The minimum absolute atomic E-state index is 0.685. The van der Waals surface area contributed by atoms with Crippen LogP contribution in [-0.2, 0) is 6.54 Å². The highest BCUT2D eigenvalue weighted by Gasteiger charge is 2.04. The molecule has 0 fully saturated rings. The lowest BCUT2D eigenvalue weighted by molar-refractivity contribution is 0.687. The van der Waals surface area contributed by atoms with Crippen molar-refractivity contribution in [1.82, 2.24) is 9.78 Å². The summed E-state index contributed by atoms with van der Waals surface area (Å²) in [5.74, 6) is 0. The SMILES string of the molecule is Clc1ccccc1Cn1cc(-c2ccc(I)cc2)cn1. The first kappa shape index (κ1) is 13.6. The zero-order chi connectivity index (χ0) is 13.9. The van der Waals surface area contributed by atoms with Crippen LogP contribution < -0.4 is 0 Å². The lowest BCUT2D eigenvalue weighted by Crippen LogP contribution is -2.00. The summed E-state index contributed by atoms with van der Waals surface area (Å²) in [4.78, 5) is 0. The zero-order valence-corrected chi connectivity index (χ0v) is 13.5. The van der Waals surface area contributed by atoms with Crippen LogP contribution in [0.1, 0.15) is 5.56 Å². The number of hydrogen-bond donors (Lipinski definition) is 0. The number of aromatic nitrogens is 2. The number of benzene rings is 2. The van der Waals surface area contributed by atoms with Crippen molar-refractivity contribution in [3.05, 3.63) is 75.1 Å². The number of hydrogen-bond acceptors (Lipinski definition) is 1. The third-order valence-corrected chi connectivity index (χ3v) is 4.19. The Morgan fingerprint density at radius 2 is 1.75 bits per heavy atom. The molecule has 0 saturated heterocycles. The van der Waals surface area contributed by atoms with Crippen molar-refractivity contribution in [2.75, 3.05) is 0 Å². The van der Waals surface area contributed by atoms with Crippen molar-refractivity contribution in [3.63, 3.8) is 0 Å². The van der Waals surface area contributed by atoms with Crippen molar-refractivity contribution in [1.29, 1.82) is 0 Å². The Labute approximate surface area is 136 Å². The maximum absolute atomic E-state index is 6.17. The number of nitrogens with zero attached hydrogens (tertiary/aromatic N) is 2. The molecule has 0 atom stereocenters. The first-order valence-electron chi connectivity index (χ1n) is 6.24. The Morgan fingerprint density at radius 3 is 2.50 bits per heavy atom. The molecule has 0 radical (unpaired) electrons. The van der Waals surface area contributed by atoms with Gasteiger partial charge in [0.25, 0.3) is 0 Å². The molecule has 2 nitrogen and oxygen atoms in total. The van der Waals surface area contributed by atoms with Gasteiger partial charge >= 0.3 is 0 Å². The lowest BCUT2D eigenvalue weighted by Gasteiger charge is -2.03. The normalized spacial score (nSPS) is 10.7. The fourth-order valence-corrected chi connectivity index (χ4v) is 2.60. The van der Waals surface area contributed by atoms with Crippen LogP contribution in [0, 0.1) is 3.57 Å². The first-order chi connectivity index (χ1) is 9.72. The smallest absolute Gasteiger partial charge is 0.0674 e. The molecule has 1 heterocycles. The summed E-state index contributed by atoms with van der Waals surface area (Å²) in [6, 6.07) is 16.3. The van der Waals surface area contributed by atoms with E-state index >= 15 is 0 Å². The third-order valence-electron chi connectivity index (χ3n) is 3.10. The maximum Gasteiger partial charge on any atom is 0.0674 e. The van der Waals surface area contributed by atoms with Gasteiger partial charge in [-0.3, -0.25) is 4.68 Å². The molecule has 3 aromatic rings. The zero-order valence-electron chi connectivity index (χ0n) is 10.6. The minimum Gasteiger partial charge on any atom is -0.268 e. The van der Waals surface area contributed by atoms with E-state index in [9.17, 15) is 0 Å². The fraction of sp³-hybridized carbons (Fsp3) is 0.0625. The highest BCUT2D eigenvalue weighted by Crippen LogP contribution is 2.21. The van der Waals surface area contributed by atoms with Gasteiger partial charge in [0.05, 0.1) is 12.7 Å². The van der Waals surface area contributed by atoms with E-state index in [1.54, 1.807) is 0 Å². The molecule has 0 spiro atoms. The second-order valence-corrected chi connectivity index (χ2v) is 6.18.